The van der Waals surface area contributed by atoms with Crippen molar-refractivity contribution in [1.29, 1.82) is 0 Å². The van der Waals surface area contributed by atoms with Gasteiger partial charge in [-0.25, -0.2) is 24.0 Å². The van der Waals surface area contributed by atoms with E-state index in [0.29, 0.717) is 57.0 Å². The Kier molecular flexibility index (Phi) is 32.2. The van der Waals surface area contributed by atoms with Gasteiger partial charge in [-0.05, 0) is 132 Å². The number of amides is 9. The summed E-state index contributed by atoms with van der Waals surface area (Å²) in [7, 11) is 4.17. The number of benzene rings is 5. The molecule has 0 saturated carbocycles. The summed E-state index contributed by atoms with van der Waals surface area (Å²) in [6.07, 6.45) is -5.94. The molecular formula is C90H107Cl2N9O21S2. The second-order valence-electron chi connectivity index (χ2n) is 32.3. The zero-order valence-corrected chi connectivity index (χ0v) is 74.5. The number of primary amides is 1. The van der Waals surface area contributed by atoms with E-state index >= 15 is 0 Å². The van der Waals surface area contributed by atoms with Crippen LogP contribution in [0.2, 0.25) is 0 Å². The van der Waals surface area contributed by atoms with E-state index in [1.165, 1.54) is 60.4 Å². The van der Waals surface area contributed by atoms with Crippen molar-refractivity contribution in [1.82, 2.24) is 25.8 Å². The fraction of sp³-hybridized carbons (Fsp3) is 0.478. The van der Waals surface area contributed by atoms with E-state index in [1.807, 2.05) is 61.0 Å². The number of ketones is 2. The van der Waals surface area contributed by atoms with Gasteiger partial charge in [0.15, 0.2) is 29.8 Å². The average molecular weight is 1790 g/mol. The predicted molar refractivity (Wildman–Crippen MR) is 469 cm³/mol. The summed E-state index contributed by atoms with van der Waals surface area (Å²) in [5.41, 5.74) is 15.2. The molecule has 30 nitrogen and oxygen atoms in total. The molecule has 7 aromatic rings. The number of nitrogens with two attached hydrogens (primary N) is 1. The Morgan fingerprint density at radius 1 is 0.645 bits per heavy atom. The standard InChI is InChI=1S/C90H107Cl2N9O21S2/c1-48(2)77(97-84(109)56(36-51(5)102)20-16-17-32-95-88(112)116-45-65-63-24-14-12-22-61(63)62-23-13-15-25-64(62)65)68(105)37-57(21-19-33-94-87(93)111)83(108)96-60-30-28-55(29-31-60)44-117-89(113)98(9)34-35-99(10)90(114)121-70-39-67-76(74-50(4)47-124-82(70)74)59(41-92)43-101(67)72(107)27-18-26-71(106)100-42-58(40-91)75-66(100)38-69(81-73(75)49(3)46-123-81)120-86-52(6)78(118-53(7)103)79(119-54(8)104)80(122-86)85(110)115-11/h12-15,22-25,28-31,38-39,46-48,52,56-59,65,77-80,86H,16-21,26-27,32-37,40-45H2,1-11H3,(H,95,112)(H,96,108)(H,97,109)(H3,93,94,111)/t52-,56-,57-,58-,59-,77+,78-,79+,80+,86-/m1/s1. The van der Waals surface area contributed by atoms with Gasteiger partial charge in [-0.15, -0.1) is 45.9 Å². The number of Topliss-reactive ketones (excluding diaryl/α,β-unsaturated/α-hetero) is 2. The first kappa shape index (κ1) is 93.8. The molecule has 5 aromatic carbocycles. The highest BCUT2D eigenvalue weighted by atomic mass is 35.5. The van der Waals surface area contributed by atoms with E-state index in [4.69, 9.17) is 66.8 Å². The van der Waals surface area contributed by atoms with Crippen molar-refractivity contribution >= 4 is 161 Å². The fourth-order valence-corrected chi connectivity index (χ4v) is 19.1. The number of ether oxygens (including phenoxy) is 8. The smallest absolute Gasteiger partial charge is 0.415 e. The van der Waals surface area contributed by atoms with Crippen LogP contribution in [0.1, 0.15) is 162 Å². The molecule has 10 atom stereocenters. The van der Waals surface area contributed by atoms with Crippen molar-refractivity contribution in [2.24, 2.45) is 29.4 Å². The van der Waals surface area contributed by atoms with Crippen LogP contribution in [0.5, 0.6) is 11.5 Å². The monoisotopic (exact) mass is 1780 g/mol. The number of alkyl halides is 2. The highest BCUT2D eigenvalue weighted by molar-refractivity contribution is 7.18. The zero-order chi connectivity index (χ0) is 89.5. The van der Waals surface area contributed by atoms with Crippen LogP contribution in [0, 0.1) is 37.5 Å². The van der Waals surface area contributed by atoms with Gasteiger partial charge in [-0.2, -0.15) is 0 Å². The van der Waals surface area contributed by atoms with Crippen LogP contribution in [-0.4, -0.2) is 197 Å². The Bertz CT molecular complexity index is 5110. The van der Waals surface area contributed by atoms with Crippen LogP contribution in [-0.2, 0) is 78.2 Å². The molecule has 0 spiro atoms. The number of aryl methyl sites for hydroxylation is 2. The maximum absolute atomic E-state index is 14.6. The molecular weight excluding hydrogens is 1680 g/mol. The van der Waals surface area contributed by atoms with Crippen LogP contribution < -0.4 is 46.3 Å². The summed E-state index contributed by atoms with van der Waals surface area (Å²) < 4.78 is 47.9. The Balaban J connectivity index is 0.652. The second-order valence-corrected chi connectivity index (χ2v) is 34.7. The van der Waals surface area contributed by atoms with E-state index < -0.39 is 114 Å². The number of hydrogen-bond acceptors (Lipinski definition) is 23. The molecule has 0 bridgehead atoms. The molecule has 11 rings (SSSR count). The SMILES string of the molecule is COC(=O)[C@H]1O[C@@H](Oc2cc3c(c4c(C)csc24)[C@H](CCl)CN3C(=O)CCCC(=O)N2C[C@@H](CCl)c3c2cc(OC(=O)N(C)CCN(C)C(=O)OCc2ccc(NC(=O)[C@H](CCCNC(N)=O)CC(=O)[C@@H](NC(=O)[C@H](CCCCNC(=O)OCC4c5ccccc5-c5ccccc54)CC(C)=O)C(C)C)cc2)c2scc(C)c32)[C@H](C)[C@@H](OC(C)=O)[C@@H]1OC(C)=O. The maximum atomic E-state index is 14.6. The van der Waals surface area contributed by atoms with Crippen LogP contribution in [0.3, 0.4) is 0 Å². The lowest BCUT2D eigenvalue weighted by Gasteiger charge is -2.42. The molecule has 6 N–H and O–H groups in total. The summed E-state index contributed by atoms with van der Waals surface area (Å²) in [6, 6.07) is 24.2. The van der Waals surface area contributed by atoms with Gasteiger partial charge in [0.25, 0.3) is 0 Å². The molecule has 1 fully saturated rings. The fourth-order valence-electron chi connectivity index (χ4n) is 16.6. The average Bonchev–Trinajstić information content (AvgIpc) is 1.54. The lowest BCUT2D eigenvalue weighted by Crippen LogP contribution is -2.60. The number of anilines is 3. The summed E-state index contributed by atoms with van der Waals surface area (Å²) in [6.45, 7) is 13.7. The lowest BCUT2D eigenvalue weighted by molar-refractivity contribution is -0.261. The number of alkyl carbamates (subject to hydrolysis) is 1. The van der Waals surface area contributed by atoms with Gasteiger partial charge < -0.3 is 89.3 Å². The Morgan fingerprint density at radius 3 is 1.74 bits per heavy atom. The number of thiophene rings is 2. The van der Waals surface area contributed by atoms with Crippen molar-refractivity contribution in [2.45, 2.75) is 175 Å². The molecule has 3 aliphatic heterocycles. The molecule has 4 aliphatic rings. The molecule has 664 valence electrons. The van der Waals surface area contributed by atoms with Gasteiger partial charge in [0.05, 0.1) is 39.8 Å². The molecule has 9 amide bonds. The third-order valence-electron chi connectivity index (χ3n) is 22.9. The maximum Gasteiger partial charge on any atom is 0.415 e. The topological polar surface area (TPSA) is 383 Å². The number of urea groups is 1. The van der Waals surface area contributed by atoms with E-state index in [-0.39, 0.29) is 150 Å². The quantitative estimate of drug-likeness (QED) is 0.0104. The van der Waals surface area contributed by atoms with E-state index in [2.05, 4.69) is 33.4 Å². The number of likely N-dealkylation sites (N-methyl/N-ethyl adjacent to an activating group) is 2. The molecule has 34 heteroatoms. The van der Waals surface area contributed by atoms with Crippen molar-refractivity contribution < 1.29 is 100 Å². The van der Waals surface area contributed by atoms with E-state index in [1.54, 1.807) is 67.0 Å². The number of nitrogens with one attached hydrogen (secondary N) is 4. The number of carbonyl (C=O) groups excluding carboxylic acids is 13. The third kappa shape index (κ3) is 22.4. The molecule has 2 aromatic heterocycles. The minimum atomic E-state index is -1.54. The largest absolute Gasteiger partial charge is 0.467 e. The van der Waals surface area contributed by atoms with Gasteiger partial charge in [-0.3, -0.25) is 33.6 Å². The minimum Gasteiger partial charge on any atom is -0.467 e. The van der Waals surface area contributed by atoms with Gasteiger partial charge >= 0.3 is 42.2 Å². The van der Waals surface area contributed by atoms with Gasteiger partial charge in [0.2, 0.25) is 29.9 Å². The highest BCUT2D eigenvalue weighted by Crippen LogP contribution is 2.52. The lowest BCUT2D eigenvalue weighted by atomic mass is 9.88. The number of methoxy groups -OCH3 is 1. The number of fused-ring (bicyclic) bond motifs is 9. The van der Waals surface area contributed by atoms with Crippen molar-refractivity contribution in [3.63, 3.8) is 0 Å². The number of unbranched alkanes of at least 4 members (excludes halogenated alkanes) is 1. The number of rotatable bonds is 38. The number of carbonyl (C=O) groups is 13. The van der Waals surface area contributed by atoms with Crippen molar-refractivity contribution in [3.8, 4) is 22.6 Å². The molecule has 5 heterocycles. The van der Waals surface area contributed by atoms with Crippen molar-refractivity contribution in [2.75, 3.05) is 94.0 Å². The van der Waals surface area contributed by atoms with E-state index in [0.717, 1.165) is 69.3 Å². The Morgan fingerprint density at radius 2 is 1.19 bits per heavy atom. The molecule has 1 aliphatic carbocycles. The molecule has 1 saturated heterocycles. The third-order valence-corrected chi connectivity index (χ3v) is 25.9. The van der Waals surface area contributed by atoms with Crippen LogP contribution in [0.4, 0.5) is 36.2 Å². The number of halogens is 2. The second kappa shape index (κ2) is 42.6. The van der Waals surface area contributed by atoms with Crippen LogP contribution in [0.25, 0.3) is 31.3 Å². The van der Waals surface area contributed by atoms with Gasteiger partial charge in [0.1, 0.15) is 24.7 Å². The Hall–Kier alpha value is -10.9. The van der Waals surface area contributed by atoms with Crippen LogP contribution >= 0.6 is 45.9 Å². The molecule has 0 unspecified atom stereocenters. The minimum absolute atomic E-state index is 0.0165. The summed E-state index contributed by atoms with van der Waals surface area (Å²) in [5.74, 6) is -7.23. The molecule has 0 radical (unpaired) electrons. The highest BCUT2D eigenvalue weighted by Gasteiger charge is 2.53. The van der Waals surface area contributed by atoms with Gasteiger partial charge in [-0.1, -0.05) is 87.9 Å². The number of hydrogen-bond donors (Lipinski definition) is 5. The van der Waals surface area contributed by atoms with Crippen molar-refractivity contribution in [3.05, 3.63) is 135 Å². The number of nitrogens with zero attached hydrogens (tertiary/aromatic N) is 4. The van der Waals surface area contributed by atoms with Crippen LogP contribution in [0.15, 0.2) is 95.7 Å². The normalized spacial score (nSPS) is 18.2. The first-order chi connectivity index (χ1) is 59.3. The summed E-state index contributed by atoms with van der Waals surface area (Å²) >= 11 is 16.1. The summed E-state index contributed by atoms with van der Waals surface area (Å²) in [5, 5.41) is 16.6. The molecule has 124 heavy (non-hydrogen) atoms. The van der Waals surface area contributed by atoms with Gasteiger partial charge in [0, 0.05) is 163 Å². The number of esters is 3. The Labute approximate surface area is 737 Å². The zero-order valence-electron chi connectivity index (χ0n) is 71.3. The summed E-state index contributed by atoms with van der Waals surface area (Å²) in [4.78, 5) is 180. The van der Waals surface area contributed by atoms with E-state index in [9.17, 15) is 62.3 Å². The first-order valence-electron chi connectivity index (χ1n) is 41.5. The predicted octanol–water partition coefficient (Wildman–Crippen LogP) is 13.8. The first-order valence-corrected chi connectivity index (χ1v) is 44.3.